The number of carbonyl (C=O) groups excluding carboxylic acids is 2. The van der Waals surface area contributed by atoms with Gasteiger partial charge in [0, 0.05) is 6.42 Å². The van der Waals surface area contributed by atoms with Crippen LogP contribution in [0.25, 0.3) is 0 Å². The van der Waals surface area contributed by atoms with E-state index < -0.39 is 0 Å². The number of nitrogens with zero attached hydrogens (tertiary/aromatic N) is 2. The van der Waals surface area contributed by atoms with Crippen molar-refractivity contribution in [3.8, 4) is 0 Å². The van der Waals surface area contributed by atoms with Gasteiger partial charge < -0.3 is 10.1 Å². The molecule has 1 aliphatic carbocycles. The van der Waals surface area contributed by atoms with E-state index in [9.17, 15) is 9.59 Å². The number of anilines is 1. The molecule has 122 valence electrons. The highest BCUT2D eigenvalue weighted by Gasteiger charge is 2.18. The fourth-order valence-electron chi connectivity index (χ4n) is 2.47. The largest absolute Gasteiger partial charge is 0.465 e. The van der Waals surface area contributed by atoms with Crippen LogP contribution in [0.1, 0.15) is 45.4 Å². The highest BCUT2D eigenvalue weighted by molar-refractivity contribution is 8.01. The summed E-state index contributed by atoms with van der Waals surface area (Å²) < 4.78 is 5.50. The van der Waals surface area contributed by atoms with E-state index in [0.717, 1.165) is 12.8 Å². The third kappa shape index (κ3) is 5.92. The zero-order chi connectivity index (χ0) is 15.8. The van der Waals surface area contributed by atoms with Gasteiger partial charge in [0.25, 0.3) is 0 Å². The molecule has 1 amide bonds. The summed E-state index contributed by atoms with van der Waals surface area (Å²) in [5.41, 5.74) is 0. The zero-order valence-corrected chi connectivity index (χ0v) is 14.3. The van der Waals surface area contributed by atoms with Crippen molar-refractivity contribution in [1.29, 1.82) is 0 Å². The molecule has 0 radical (unpaired) electrons. The number of aromatic nitrogens is 2. The Labute approximate surface area is 138 Å². The molecular formula is C14H21N3O3S2. The average Bonchev–Trinajstić information content (AvgIpc) is 2.94. The number of nitrogens with one attached hydrogen (secondary N) is 1. The second kappa shape index (κ2) is 9.09. The summed E-state index contributed by atoms with van der Waals surface area (Å²) in [5.74, 6) is 0.438. The first-order valence-electron chi connectivity index (χ1n) is 7.59. The molecule has 1 saturated carbocycles. The summed E-state index contributed by atoms with van der Waals surface area (Å²) in [4.78, 5) is 23.3. The van der Waals surface area contributed by atoms with Gasteiger partial charge in [0.2, 0.25) is 11.0 Å². The lowest BCUT2D eigenvalue weighted by atomic mass is 9.87. The summed E-state index contributed by atoms with van der Waals surface area (Å²) in [6.07, 6.45) is 6.59. The van der Waals surface area contributed by atoms with Crippen molar-refractivity contribution >= 4 is 40.1 Å². The molecule has 0 aliphatic heterocycles. The molecule has 0 spiro atoms. The van der Waals surface area contributed by atoms with Gasteiger partial charge in [-0.3, -0.25) is 9.59 Å². The maximum Gasteiger partial charge on any atom is 0.316 e. The second-order valence-corrected chi connectivity index (χ2v) is 7.42. The molecule has 1 heterocycles. The number of hydrogen-bond donors (Lipinski definition) is 1. The smallest absolute Gasteiger partial charge is 0.316 e. The SMILES string of the molecule is CCOC(=O)CSc1nnc(NC(=O)CC2CCCCC2)s1. The number of esters is 1. The lowest BCUT2D eigenvalue weighted by Gasteiger charge is -2.20. The highest BCUT2D eigenvalue weighted by Crippen LogP contribution is 2.28. The molecular weight excluding hydrogens is 322 g/mol. The zero-order valence-electron chi connectivity index (χ0n) is 12.7. The summed E-state index contributed by atoms with van der Waals surface area (Å²) in [6, 6.07) is 0. The van der Waals surface area contributed by atoms with Gasteiger partial charge in [0.15, 0.2) is 4.34 Å². The molecule has 1 aromatic heterocycles. The normalized spacial score (nSPS) is 15.5. The van der Waals surface area contributed by atoms with E-state index in [-0.39, 0.29) is 17.6 Å². The Morgan fingerprint density at radius 3 is 2.82 bits per heavy atom. The minimum absolute atomic E-state index is 0.00462. The van der Waals surface area contributed by atoms with Crippen LogP contribution in [0.4, 0.5) is 5.13 Å². The van der Waals surface area contributed by atoms with Crippen LogP contribution in [0, 0.1) is 5.92 Å². The highest BCUT2D eigenvalue weighted by atomic mass is 32.2. The maximum absolute atomic E-state index is 12.0. The van der Waals surface area contributed by atoms with Crippen LogP contribution in [0.3, 0.4) is 0 Å². The Morgan fingerprint density at radius 2 is 2.09 bits per heavy atom. The predicted molar refractivity (Wildman–Crippen MR) is 87.1 cm³/mol. The van der Waals surface area contributed by atoms with Crippen LogP contribution >= 0.6 is 23.1 Å². The van der Waals surface area contributed by atoms with Crippen molar-refractivity contribution in [1.82, 2.24) is 10.2 Å². The molecule has 1 N–H and O–H groups in total. The van der Waals surface area contributed by atoms with E-state index in [4.69, 9.17) is 4.74 Å². The van der Waals surface area contributed by atoms with Crippen LogP contribution in [-0.4, -0.2) is 34.4 Å². The first kappa shape index (κ1) is 17.2. The number of rotatable bonds is 7. The van der Waals surface area contributed by atoms with Gasteiger partial charge in [-0.25, -0.2) is 0 Å². The molecule has 22 heavy (non-hydrogen) atoms. The van der Waals surface area contributed by atoms with Crippen LogP contribution in [0.2, 0.25) is 0 Å². The van der Waals surface area contributed by atoms with E-state index in [0.29, 0.717) is 28.4 Å². The Balaban J connectivity index is 1.73. The van der Waals surface area contributed by atoms with E-state index in [1.54, 1.807) is 6.92 Å². The third-order valence-electron chi connectivity index (χ3n) is 3.47. The number of hydrogen-bond acceptors (Lipinski definition) is 7. The van der Waals surface area contributed by atoms with Gasteiger partial charge in [-0.15, -0.1) is 10.2 Å². The van der Waals surface area contributed by atoms with Gasteiger partial charge in [-0.2, -0.15) is 0 Å². The molecule has 0 bridgehead atoms. The second-order valence-electron chi connectivity index (χ2n) is 5.22. The summed E-state index contributed by atoms with van der Waals surface area (Å²) in [7, 11) is 0. The van der Waals surface area contributed by atoms with Crippen LogP contribution in [0.15, 0.2) is 4.34 Å². The number of carbonyl (C=O) groups is 2. The fraction of sp³-hybridized carbons (Fsp3) is 0.714. The number of amides is 1. The van der Waals surface area contributed by atoms with E-state index >= 15 is 0 Å². The molecule has 0 unspecified atom stereocenters. The lowest BCUT2D eigenvalue weighted by Crippen LogP contribution is -2.18. The Morgan fingerprint density at radius 1 is 1.32 bits per heavy atom. The summed E-state index contributed by atoms with van der Waals surface area (Å²) >= 11 is 2.56. The quantitative estimate of drug-likeness (QED) is 0.465. The van der Waals surface area contributed by atoms with Crippen LogP contribution < -0.4 is 5.32 Å². The molecule has 1 aromatic rings. The minimum atomic E-state index is -0.273. The molecule has 6 nitrogen and oxygen atoms in total. The summed E-state index contributed by atoms with van der Waals surface area (Å²) in [5, 5.41) is 11.2. The Kier molecular flexibility index (Phi) is 7.11. The van der Waals surface area contributed by atoms with E-state index in [1.807, 2.05) is 0 Å². The molecule has 1 aliphatic rings. The molecule has 0 aromatic carbocycles. The van der Waals surface area contributed by atoms with Gasteiger partial charge in [-0.1, -0.05) is 42.4 Å². The lowest BCUT2D eigenvalue weighted by molar-refractivity contribution is -0.139. The van der Waals surface area contributed by atoms with Crippen LogP contribution in [-0.2, 0) is 14.3 Å². The molecule has 0 atom stereocenters. The predicted octanol–water partition coefficient (Wildman–Crippen LogP) is 3.10. The fourth-order valence-corrected chi connectivity index (χ4v) is 4.03. The van der Waals surface area contributed by atoms with Crippen molar-refractivity contribution in [2.75, 3.05) is 17.7 Å². The molecule has 8 heteroatoms. The van der Waals surface area contributed by atoms with E-state index in [2.05, 4.69) is 15.5 Å². The minimum Gasteiger partial charge on any atom is -0.465 e. The number of ether oxygens (including phenoxy) is 1. The Hall–Kier alpha value is -1.15. The average molecular weight is 343 g/mol. The standard InChI is InChI=1S/C14H21N3O3S2/c1-2-20-12(19)9-21-14-17-16-13(22-14)15-11(18)8-10-6-4-3-5-7-10/h10H,2-9H2,1H3,(H,15,16,18). The summed E-state index contributed by atoms with van der Waals surface area (Å²) in [6.45, 7) is 2.14. The van der Waals surface area contributed by atoms with Gasteiger partial charge >= 0.3 is 5.97 Å². The third-order valence-corrected chi connectivity index (χ3v) is 5.42. The Bertz CT molecular complexity index is 501. The van der Waals surface area contributed by atoms with E-state index in [1.165, 1.54) is 42.4 Å². The van der Waals surface area contributed by atoms with Crippen LogP contribution in [0.5, 0.6) is 0 Å². The van der Waals surface area contributed by atoms with Crippen molar-refractivity contribution in [2.24, 2.45) is 5.92 Å². The van der Waals surface area contributed by atoms with Gasteiger partial charge in [0.1, 0.15) is 0 Å². The van der Waals surface area contributed by atoms with Gasteiger partial charge in [-0.05, 0) is 25.7 Å². The first-order chi connectivity index (χ1) is 10.7. The molecule has 0 saturated heterocycles. The number of thioether (sulfide) groups is 1. The van der Waals surface area contributed by atoms with Crippen molar-refractivity contribution in [2.45, 2.75) is 49.8 Å². The van der Waals surface area contributed by atoms with Gasteiger partial charge in [0.05, 0.1) is 12.4 Å². The topological polar surface area (TPSA) is 81.2 Å². The molecule has 1 fully saturated rings. The monoisotopic (exact) mass is 343 g/mol. The molecule has 2 rings (SSSR count). The van der Waals surface area contributed by atoms with Crippen molar-refractivity contribution in [3.05, 3.63) is 0 Å². The maximum atomic E-state index is 12.0. The van der Waals surface area contributed by atoms with Crippen molar-refractivity contribution < 1.29 is 14.3 Å². The first-order valence-corrected chi connectivity index (χ1v) is 9.39. The van der Waals surface area contributed by atoms with Crippen molar-refractivity contribution in [3.63, 3.8) is 0 Å².